The quantitative estimate of drug-likeness (QED) is 0.462. The van der Waals surface area contributed by atoms with Crippen molar-refractivity contribution in [3.8, 4) is 0 Å². The first-order chi connectivity index (χ1) is 2.00. The molecule has 0 amide bonds. The van der Waals surface area contributed by atoms with Crippen molar-refractivity contribution in [3.05, 3.63) is 0 Å². The van der Waals surface area contributed by atoms with Crippen molar-refractivity contribution in [2.24, 2.45) is 0 Å². The van der Waals surface area contributed by atoms with E-state index in [1.54, 1.807) is 5.79 Å². The van der Waals surface area contributed by atoms with Crippen molar-refractivity contribution in [2.45, 2.75) is 5.79 Å². The second-order valence-corrected chi connectivity index (χ2v) is 12.6. The molecule has 0 aromatic carbocycles. The molecule has 0 fully saturated rings. The Morgan fingerprint density at radius 3 is 1.20 bits per heavy atom. The first kappa shape index (κ1) is 6.40. The number of hydrogen-bond donors (Lipinski definition) is 0. The third-order valence-corrected chi connectivity index (χ3v) is 0. The van der Waals surface area contributed by atoms with E-state index in [1.165, 1.54) is 0 Å². The van der Waals surface area contributed by atoms with Gasteiger partial charge in [-0.2, -0.15) is 5.79 Å². The van der Waals surface area contributed by atoms with Crippen LogP contribution in [0.2, 0.25) is 5.79 Å². The molecule has 32 valence electrons. The minimum atomic E-state index is -2.42. The first-order valence-electron chi connectivity index (χ1n) is 1.23. The van der Waals surface area contributed by atoms with Gasteiger partial charge in [0.05, 0.1) is 0 Å². The SMILES string of the molecule is [CH3][Al-]([Cl])([Cl])[Cl]. The highest BCUT2D eigenvalue weighted by atomic mass is 35.8. The molecule has 0 aromatic rings. The van der Waals surface area contributed by atoms with E-state index < -0.39 is 10.3 Å². The van der Waals surface area contributed by atoms with Crippen LogP contribution in [0.4, 0.5) is 0 Å². The topological polar surface area (TPSA) is 0 Å². The maximum absolute atomic E-state index is 5.23. The molecule has 0 bridgehead atoms. The van der Waals surface area contributed by atoms with E-state index in [4.69, 9.17) is 30.1 Å². The van der Waals surface area contributed by atoms with Crippen LogP contribution in [0.3, 0.4) is 0 Å². The summed E-state index contributed by atoms with van der Waals surface area (Å²) in [5.74, 6) is 1.65. The van der Waals surface area contributed by atoms with Gasteiger partial charge in [-0.15, -0.1) is 0 Å². The fourth-order valence-corrected chi connectivity index (χ4v) is 0. The van der Waals surface area contributed by atoms with E-state index >= 15 is 0 Å². The fourth-order valence-electron chi connectivity index (χ4n) is 0. The molecule has 0 aliphatic heterocycles. The molecule has 0 unspecified atom stereocenters. The van der Waals surface area contributed by atoms with Crippen LogP contribution >= 0.6 is 30.1 Å². The van der Waals surface area contributed by atoms with Crippen LogP contribution in [0, 0.1) is 0 Å². The lowest BCUT2D eigenvalue weighted by atomic mass is 11.9. The number of halogens is 3. The Kier molecular flexibility index (Phi) is 2.45. The van der Waals surface area contributed by atoms with Crippen molar-refractivity contribution in [2.75, 3.05) is 0 Å². The van der Waals surface area contributed by atoms with Crippen LogP contribution < -0.4 is 0 Å². The Morgan fingerprint density at radius 2 is 1.20 bits per heavy atom. The maximum atomic E-state index is 5.23. The molecule has 0 aliphatic carbocycles. The highest BCUT2D eigenvalue weighted by Crippen LogP contribution is 2.17. The molecule has 0 atom stereocenters. The first-order valence-corrected chi connectivity index (χ1v) is 7.62. The number of hydrogen-bond acceptors (Lipinski definition) is 0. The van der Waals surface area contributed by atoms with Gasteiger partial charge in [0.15, 0.2) is 0 Å². The minimum absolute atomic E-state index is 1.65. The monoisotopic (exact) mass is 147 g/mol. The minimum Gasteiger partial charge on any atom is -0.407 e. The van der Waals surface area contributed by atoms with E-state index in [0.717, 1.165) is 0 Å². The van der Waals surface area contributed by atoms with Crippen molar-refractivity contribution in [3.63, 3.8) is 0 Å². The lowest BCUT2D eigenvalue weighted by Gasteiger charge is -1.99. The Bertz CT molecular complexity index is 22.4. The smallest absolute Gasteiger partial charge is 0.407 e. The second kappa shape index (κ2) is 1.91. The normalized spacial score (nSPS) is 12.0. The Morgan fingerprint density at radius 1 is 1.20 bits per heavy atom. The van der Waals surface area contributed by atoms with Crippen molar-refractivity contribution in [1.82, 2.24) is 0 Å². The van der Waals surface area contributed by atoms with Crippen LogP contribution in [0.5, 0.6) is 0 Å². The summed E-state index contributed by atoms with van der Waals surface area (Å²) in [5, 5.41) is 0. The molecule has 0 rings (SSSR count). The zero-order valence-electron chi connectivity index (χ0n) is 2.71. The Labute approximate surface area is 46.3 Å². The Hall–Kier alpha value is 1.40. The average molecular weight is 148 g/mol. The van der Waals surface area contributed by atoms with E-state index in [1.807, 2.05) is 0 Å². The largest absolute Gasteiger partial charge is 0.450 e. The van der Waals surface area contributed by atoms with Gasteiger partial charge in [-0.05, 0) is 0 Å². The predicted molar refractivity (Wildman–Crippen MR) is 29.2 cm³/mol. The van der Waals surface area contributed by atoms with Gasteiger partial charge in [0.25, 0.3) is 0 Å². The summed E-state index contributed by atoms with van der Waals surface area (Å²) in [6, 6.07) is 0. The summed E-state index contributed by atoms with van der Waals surface area (Å²) < 4.78 is 0. The molecule has 0 aromatic heterocycles. The fraction of sp³-hybridized carbons (Fsp3) is 1.00. The molecule has 0 N–H and O–H groups in total. The summed E-state index contributed by atoms with van der Waals surface area (Å²) in [6.45, 7) is 0. The summed E-state index contributed by atoms with van der Waals surface area (Å²) in [5.41, 5.74) is 0. The molecule has 0 radical (unpaired) electrons. The standard InChI is InChI=1S/CH3.Al.3ClH/h1H3;;3*1H/q;+2;;;/p-3. The Balaban J connectivity index is 3.02. The van der Waals surface area contributed by atoms with Crippen molar-refractivity contribution >= 4 is 40.5 Å². The third kappa shape index (κ3) is 31.8. The van der Waals surface area contributed by atoms with Crippen LogP contribution in [0.15, 0.2) is 0 Å². The van der Waals surface area contributed by atoms with E-state index in [9.17, 15) is 0 Å². The third-order valence-electron chi connectivity index (χ3n) is 0. The van der Waals surface area contributed by atoms with Gasteiger partial charge in [0.2, 0.25) is 0 Å². The molecule has 4 heteroatoms. The van der Waals surface area contributed by atoms with Crippen molar-refractivity contribution < 1.29 is 0 Å². The van der Waals surface area contributed by atoms with Crippen molar-refractivity contribution in [1.29, 1.82) is 0 Å². The van der Waals surface area contributed by atoms with E-state index in [-0.39, 0.29) is 0 Å². The molecular weight excluding hydrogens is 145 g/mol. The van der Waals surface area contributed by atoms with Crippen LogP contribution in [-0.2, 0) is 0 Å². The van der Waals surface area contributed by atoms with Gasteiger partial charge in [-0.3, -0.25) is 0 Å². The highest BCUT2D eigenvalue weighted by molar-refractivity contribution is 7.64. The lowest BCUT2D eigenvalue weighted by molar-refractivity contribution is 2.31. The summed E-state index contributed by atoms with van der Waals surface area (Å²) >= 11 is 0. The van der Waals surface area contributed by atoms with Gasteiger partial charge in [0.1, 0.15) is 0 Å². The van der Waals surface area contributed by atoms with Gasteiger partial charge >= 0.3 is 10.3 Å². The maximum Gasteiger partial charge on any atom is 0.450 e. The van der Waals surface area contributed by atoms with E-state index in [0.29, 0.717) is 0 Å². The molecule has 0 nitrogen and oxygen atoms in total. The highest BCUT2D eigenvalue weighted by Gasteiger charge is 2.09. The summed E-state index contributed by atoms with van der Waals surface area (Å²) in [4.78, 5) is 0. The zero-order chi connectivity index (χ0) is 4.50. The van der Waals surface area contributed by atoms with Gasteiger partial charge < -0.3 is 30.1 Å². The van der Waals surface area contributed by atoms with Gasteiger partial charge in [-0.25, -0.2) is 0 Å². The van der Waals surface area contributed by atoms with E-state index in [2.05, 4.69) is 0 Å². The predicted octanol–water partition coefficient (Wildman–Crippen LogP) is 2.27. The molecule has 0 aliphatic rings. The van der Waals surface area contributed by atoms with Crippen LogP contribution in [0.25, 0.3) is 0 Å². The van der Waals surface area contributed by atoms with Crippen LogP contribution in [0.1, 0.15) is 0 Å². The average Bonchev–Trinajstić information content (AvgIpc) is 0.722. The lowest BCUT2D eigenvalue weighted by Crippen LogP contribution is -1.97. The molecule has 0 saturated heterocycles. The van der Waals surface area contributed by atoms with Gasteiger partial charge in [0, 0.05) is 0 Å². The molecule has 0 saturated carbocycles. The second-order valence-electron chi connectivity index (χ2n) is 0.902. The molecule has 0 spiro atoms. The molecular formula is CH3AlCl3-. The van der Waals surface area contributed by atoms with Crippen LogP contribution in [-0.4, -0.2) is 10.3 Å². The zero-order valence-corrected chi connectivity index (χ0v) is 6.13. The summed E-state index contributed by atoms with van der Waals surface area (Å²) in [7, 11) is 13.3. The molecule has 0 heterocycles. The molecule has 5 heavy (non-hydrogen) atoms. The number of rotatable bonds is 0. The van der Waals surface area contributed by atoms with Gasteiger partial charge in [-0.1, -0.05) is 0 Å². The summed E-state index contributed by atoms with van der Waals surface area (Å²) in [6.07, 6.45) is 0.